The number of rotatable bonds is 4. The van der Waals surface area contributed by atoms with Gasteiger partial charge in [0, 0.05) is 16.0 Å². The zero-order valence-corrected chi connectivity index (χ0v) is 16.2. The van der Waals surface area contributed by atoms with Gasteiger partial charge in [0.15, 0.2) is 0 Å². The first-order valence-electron chi connectivity index (χ1n) is 7.62. The van der Waals surface area contributed by atoms with Gasteiger partial charge in [0.2, 0.25) is 0 Å². The number of carboxylic acid groups (broad SMARTS) is 1. The highest BCUT2D eigenvalue weighted by Gasteiger charge is 2.32. The summed E-state index contributed by atoms with van der Waals surface area (Å²) in [7, 11) is 0. The van der Waals surface area contributed by atoms with Gasteiger partial charge in [0.1, 0.15) is 11.3 Å². The monoisotopic (exact) mass is 470 g/mol. The first-order valence-corrected chi connectivity index (χ1v) is 9.29. The minimum Gasteiger partial charge on any atom is -0.478 e. The molecule has 0 unspecified atom stereocenters. The van der Waals surface area contributed by atoms with E-state index in [1.807, 2.05) is 0 Å². The lowest BCUT2D eigenvalue weighted by Gasteiger charge is -2.08. The first-order chi connectivity index (χ1) is 13.2. The molecule has 144 valence electrons. The number of thiophene rings is 1. The topological polar surface area (TPSA) is 79.3 Å². The van der Waals surface area contributed by atoms with Crippen molar-refractivity contribution < 1.29 is 27.9 Å². The molecule has 0 saturated carbocycles. The van der Waals surface area contributed by atoms with Gasteiger partial charge in [-0.25, -0.2) is 4.79 Å². The van der Waals surface area contributed by atoms with Gasteiger partial charge >= 0.3 is 12.1 Å². The normalized spacial score (nSPS) is 11.3. The predicted octanol–water partition coefficient (Wildman–Crippen LogP) is 5.54. The summed E-state index contributed by atoms with van der Waals surface area (Å²) in [5.41, 5.74) is -0.632. The number of carboxylic acids is 1. The summed E-state index contributed by atoms with van der Waals surface area (Å²) in [6.45, 7) is 0. The third-order valence-electron chi connectivity index (χ3n) is 3.68. The molecule has 2 aromatic heterocycles. The van der Waals surface area contributed by atoms with Crippen LogP contribution >= 0.6 is 27.3 Å². The quantitative estimate of drug-likeness (QED) is 0.524. The van der Waals surface area contributed by atoms with Crippen LogP contribution in [0.3, 0.4) is 0 Å². The maximum atomic E-state index is 12.6. The van der Waals surface area contributed by atoms with Crippen molar-refractivity contribution in [2.75, 3.05) is 5.32 Å². The van der Waals surface area contributed by atoms with Gasteiger partial charge in [0.05, 0.1) is 16.1 Å². The Morgan fingerprint density at radius 2 is 1.79 bits per heavy atom. The maximum Gasteiger partial charge on any atom is 0.433 e. The predicted molar refractivity (Wildman–Crippen MR) is 102 cm³/mol. The molecular formula is C18H10BrF3N2O3S. The Kier molecular flexibility index (Phi) is 5.52. The number of hydrogen-bond donors (Lipinski definition) is 2. The minimum absolute atomic E-state index is 0.0558. The fourth-order valence-corrected chi connectivity index (χ4v) is 3.63. The molecule has 3 aromatic rings. The standard InChI is InChI=1S/C18H10BrF3N2O3S/c19-11-4-1-9(2-5-11)15-14(17(26)27)12(8-28-15)24-16(25)10-3-6-13(23-7-10)18(20,21)22/h1-8H,(H,24,25)(H,26,27). The van der Waals surface area contributed by atoms with E-state index in [1.54, 1.807) is 24.3 Å². The van der Waals surface area contributed by atoms with Crippen LogP contribution in [0, 0.1) is 0 Å². The number of alkyl halides is 3. The summed E-state index contributed by atoms with van der Waals surface area (Å²) >= 11 is 4.43. The van der Waals surface area contributed by atoms with Crippen molar-refractivity contribution in [3.8, 4) is 10.4 Å². The lowest BCUT2D eigenvalue weighted by Crippen LogP contribution is -2.15. The van der Waals surface area contributed by atoms with Gasteiger partial charge in [-0.1, -0.05) is 28.1 Å². The number of amides is 1. The number of hydrogen-bond acceptors (Lipinski definition) is 4. The Morgan fingerprint density at radius 1 is 1.11 bits per heavy atom. The van der Waals surface area contributed by atoms with Crippen LogP contribution in [-0.2, 0) is 6.18 Å². The van der Waals surface area contributed by atoms with Gasteiger partial charge in [-0.05, 0) is 29.8 Å². The van der Waals surface area contributed by atoms with E-state index in [4.69, 9.17) is 0 Å². The number of benzene rings is 1. The average Bonchev–Trinajstić information content (AvgIpc) is 3.05. The largest absolute Gasteiger partial charge is 0.478 e. The summed E-state index contributed by atoms with van der Waals surface area (Å²) in [4.78, 5) is 27.7. The molecule has 0 fully saturated rings. The van der Waals surface area contributed by atoms with E-state index in [0.717, 1.165) is 28.1 Å². The van der Waals surface area contributed by atoms with Gasteiger partial charge in [-0.15, -0.1) is 11.3 Å². The first kappa shape index (κ1) is 20.0. The number of pyridine rings is 1. The van der Waals surface area contributed by atoms with Gasteiger partial charge < -0.3 is 10.4 Å². The van der Waals surface area contributed by atoms with Crippen molar-refractivity contribution in [3.63, 3.8) is 0 Å². The second kappa shape index (κ2) is 7.72. The highest BCUT2D eigenvalue weighted by molar-refractivity contribution is 9.10. The lowest BCUT2D eigenvalue weighted by atomic mass is 10.1. The number of carbonyl (C=O) groups is 2. The molecule has 1 amide bonds. The lowest BCUT2D eigenvalue weighted by molar-refractivity contribution is -0.141. The Balaban J connectivity index is 1.89. The van der Waals surface area contributed by atoms with E-state index in [0.29, 0.717) is 16.5 Å². The molecule has 5 nitrogen and oxygen atoms in total. The van der Waals surface area contributed by atoms with E-state index in [2.05, 4.69) is 26.2 Å². The Labute approximate surface area is 169 Å². The zero-order chi connectivity index (χ0) is 20.5. The van der Waals surface area contributed by atoms with Crippen LogP contribution in [-0.4, -0.2) is 22.0 Å². The molecule has 0 aliphatic heterocycles. The van der Waals surface area contributed by atoms with Crippen molar-refractivity contribution in [2.24, 2.45) is 0 Å². The molecule has 10 heteroatoms. The molecule has 0 aliphatic carbocycles. The molecular weight excluding hydrogens is 461 g/mol. The smallest absolute Gasteiger partial charge is 0.433 e. The molecule has 0 saturated heterocycles. The number of aromatic nitrogens is 1. The third kappa shape index (κ3) is 4.23. The number of halogens is 4. The molecule has 0 spiro atoms. The fourth-order valence-electron chi connectivity index (χ4n) is 2.37. The number of nitrogens with zero attached hydrogens (tertiary/aromatic N) is 1. The van der Waals surface area contributed by atoms with Crippen molar-refractivity contribution in [1.82, 2.24) is 4.98 Å². The SMILES string of the molecule is O=C(Nc1csc(-c2ccc(Br)cc2)c1C(=O)O)c1ccc(C(F)(F)F)nc1. The van der Waals surface area contributed by atoms with E-state index in [1.165, 1.54) is 5.38 Å². The maximum absolute atomic E-state index is 12.6. The number of aromatic carboxylic acids is 1. The molecule has 28 heavy (non-hydrogen) atoms. The number of nitrogens with one attached hydrogen (secondary N) is 1. The fraction of sp³-hybridized carbons (Fsp3) is 0.0556. The highest BCUT2D eigenvalue weighted by Crippen LogP contribution is 2.37. The molecule has 2 N–H and O–H groups in total. The molecule has 3 rings (SSSR count). The van der Waals surface area contributed by atoms with Gasteiger partial charge in [0.25, 0.3) is 5.91 Å². The van der Waals surface area contributed by atoms with Crippen LogP contribution in [0.15, 0.2) is 52.4 Å². The third-order valence-corrected chi connectivity index (χ3v) is 5.23. The number of carbonyl (C=O) groups excluding carboxylic acids is 1. The van der Waals surface area contributed by atoms with Gasteiger partial charge in [-0.3, -0.25) is 9.78 Å². The molecule has 0 bridgehead atoms. The van der Waals surface area contributed by atoms with Crippen molar-refractivity contribution >= 4 is 44.8 Å². The van der Waals surface area contributed by atoms with Crippen LogP contribution in [0.1, 0.15) is 26.4 Å². The van der Waals surface area contributed by atoms with Crippen LogP contribution < -0.4 is 5.32 Å². The Bertz CT molecular complexity index is 1030. The van der Waals surface area contributed by atoms with E-state index >= 15 is 0 Å². The number of anilines is 1. The highest BCUT2D eigenvalue weighted by atomic mass is 79.9. The van der Waals surface area contributed by atoms with Gasteiger partial charge in [-0.2, -0.15) is 13.2 Å². The molecule has 0 radical (unpaired) electrons. The summed E-state index contributed by atoms with van der Waals surface area (Å²) in [5, 5.41) is 13.5. The summed E-state index contributed by atoms with van der Waals surface area (Å²) in [6, 6.07) is 8.64. The van der Waals surface area contributed by atoms with E-state index in [9.17, 15) is 27.9 Å². The van der Waals surface area contributed by atoms with Crippen LogP contribution in [0.5, 0.6) is 0 Å². The molecule has 1 aromatic carbocycles. The Hall–Kier alpha value is -2.72. The Morgan fingerprint density at radius 3 is 2.32 bits per heavy atom. The summed E-state index contributed by atoms with van der Waals surface area (Å²) in [5.74, 6) is -2.00. The van der Waals surface area contributed by atoms with Crippen LogP contribution in [0.4, 0.5) is 18.9 Å². The molecule has 0 atom stereocenters. The second-order valence-corrected chi connectivity index (χ2v) is 7.34. The van der Waals surface area contributed by atoms with Crippen molar-refractivity contribution in [1.29, 1.82) is 0 Å². The summed E-state index contributed by atoms with van der Waals surface area (Å²) in [6.07, 6.45) is -3.82. The van der Waals surface area contributed by atoms with Crippen molar-refractivity contribution in [2.45, 2.75) is 6.18 Å². The average molecular weight is 471 g/mol. The van der Waals surface area contributed by atoms with Crippen molar-refractivity contribution in [3.05, 3.63) is 69.3 Å². The molecule has 0 aliphatic rings. The zero-order valence-electron chi connectivity index (χ0n) is 13.7. The van der Waals surface area contributed by atoms with Crippen LogP contribution in [0.25, 0.3) is 10.4 Å². The minimum atomic E-state index is -4.61. The summed E-state index contributed by atoms with van der Waals surface area (Å²) < 4.78 is 38.5. The van der Waals surface area contributed by atoms with E-state index < -0.39 is 23.7 Å². The van der Waals surface area contributed by atoms with E-state index in [-0.39, 0.29) is 16.8 Å². The van der Waals surface area contributed by atoms with Crippen LogP contribution in [0.2, 0.25) is 0 Å². The second-order valence-electron chi connectivity index (χ2n) is 5.55. The molecule has 2 heterocycles.